The monoisotopic (exact) mass is 377 g/mol. The number of carbonyl (C=O) groups is 3. The van der Waals surface area contributed by atoms with Gasteiger partial charge in [-0.05, 0) is 12.1 Å². The summed E-state index contributed by atoms with van der Waals surface area (Å²) in [6, 6.07) is 2.33. The summed E-state index contributed by atoms with van der Waals surface area (Å²) < 4.78 is 14.3. The van der Waals surface area contributed by atoms with E-state index in [4.69, 9.17) is 16.0 Å². The van der Waals surface area contributed by atoms with Crippen LogP contribution in [-0.2, 0) is 4.79 Å². The Labute approximate surface area is 151 Å². The third-order valence-corrected chi connectivity index (χ3v) is 4.44. The largest absolute Gasteiger partial charge is 0.465 e. The van der Waals surface area contributed by atoms with Crippen LogP contribution in [0.2, 0.25) is 0 Å². The number of halogens is 1. The van der Waals surface area contributed by atoms with Gasteiger partial charge in [0.2, 0.25) is 0 Å². The van der Waals surface area contributed by atoms with E-state index in [-0.39, 0.29) is 54.0 Å². The van der Waals surface area contributed by atoms with Crippen LogP contribution in [0.4, 0.5) is 9.18 Å². The van der Waals surface area contributed by atoms with Crippen LogP contribution in [0.25, 0.3) is 10.9 Å². The Hall–Kier alpha value is -3.63. The number of piperazine rings is 1. The lowest BCUT2D eigenvalue weighted by Crippen LogP contribution is -2.51. The maximum atomic E-state index is 14.3. The van der Waals surface area contributed by atoms with E-state index in [1.54, 1.807) is 0 Å². The third-order valence-electron chi connectivity index (χ3n) is 4.44. The van der Waals surface area contributed by atoms with Crippen molar-refractivity contribution >= 4 is 34.5 Å². The van der Waals surface area contributed by atoms with Crippen LogP contribution in [-0.4, -0.2) is 74.9 Å². The average Bonchev–Trinajstić information content (AvgIpc) is 3.12. The summed E-state index contributed by atoms with van der Waals surface area (Å²) in [7, 11) is 0. The van der Waals surface area contributed by atoms with Gasteiger partial charge in [0, 0.05) is 43.3 Å². The topological polar surface area (TPSA) is 152 Å². The van der Waals surface area contributed by atoms with Gasteiger partial charge < -0.3 is 30.8 Å². The number of amides is 2. The maximum absolute atomic E-state index is 14.3. The number of ketones is 1. The summed E-state index contributed by atoms with van der Waals surface area (Å²) in [6.07, 6.45) is 0.0955. The first-order valence-electron chi connectivity index (χ1n) is 7.94. The van der Waals surface area contributed by atoms with Gasteiger partial charge in [0.05, 0.1) is 11.1 Å². The summed E-state index contributed by atoms with van der Waals surface area (Å²) in [4.78, 5) is 41.1. The van der Waals surface area contributed by atoms with Crippen molar-refractivity contribution < 1.29 is 29.1 Å². The standard InChI is InChI=1S/C16H16FN5O5/c17-10-2-1-8(14(18)20-27)12-11(10)9(7-19-12)13(23)15(24)21-3-5-22(6-4-21)16(25)26/h1-2,7,19,27H,3-6H2,(H2,18,20)(H,25,26). The first-order chi connectivity index (χ1) is 12.8. The zero-order valence-electron chi connectivity index (χ0n) is 14.0. The fourth-order valence-corrected chi connectivity index (χ4v) is 3.01. The second-order valence-corrected chi connectivity index (χ2v) is 5.92. The second kappa shape index (κ2) is 6.94. The number of rotatable bonds is 3. The zero-order valence-corrected chi connectivity index (χ0v) is 14.0. The first-order valence-corrected chi connectivity index (χ1v) is 7.94. The number of aromatic amines is 1. The minimum atomic E-state index is -1.09. The molecule has 142 valence electrons. The molecule has 0 atom stereocenters. The molecular formula is C16H16FN5O5. The smallest absolute Gasteiger partial charge is 0.407 e. The third kappa shape index (κ3) is 3.14. The highest BCUT2D eigenvalue weighted by Gasteiger charge is 2.30. The van der Waals surface area contributed by atoms with Gasteiger partial charge in [-0.25, -0.2) is 9.18 Å². The van der Waals surface area contributed by atoms with Gasteiger partial charge >= 0.3 is 6.09 Å². The van der Waals surface area contributed by atoms with Crippen molar-refractivity contribution in [3.8, 4) is 0 Å². The van der Waals surface area contributed by atoms with Crippen LogP contribution in [0, 0.1) is 5.82 Å². The molecule has 2 heterocycles. The van der Waals surface area contributed by atoms with E-state index >= 15 is 0 Å². The molecule has 1 aliphatic heterocycles. The van der Waals surface area contributed by atoms with Crippen molar-refractivity contribution in [2.75, 3.05) is 26.2 Å². The van der Waals surface area contributed by atoms with E-state index in [1.807, 2.05) is 0 Å². The Kier molecular flexibility index (Phi) is 4.67. The first kappa shape index (κ1) is 18.2. The predicted molar refractivity (Wildman–Crippen MR) is 91.3 cm³/mol. The molecule has 3 rings (SSSR count). The summed E-state index contributed by atoms with van der Waals surface area (Å²) in [5.41, 5.74) is 5.67. The van der Waals surface area contributed by atoms with Crippen molar-refractivity contribution in [1.82, 2.24) is 14.8 Å². The Morgan fingerprint density at radius 2 is 1.74 bits per heavy atom. The van der Waals surface area contributed by atoms with Gasteiger partial charge in [0.15, 0.2) is 5.84 Å². The Bertz CT molecular complexity index is 962. The number of aromatic nitrogens is 1. The number of carboxylic acid groups (broad SMARTS) is 1. The van der Waals surface area contributed by atoms with Crippen molar-refractivity contribution in [2.45, 2.75) is 0 Å². The number of Topliss-reactive ketones (excluding diaryl/α,β-unsaturated/α-hetero) is 1. The van der Waals surface area contributed by atoms with Crippen molar-refractivity contribution in [3.63, 3.8) is 0 Å². The molecule has 2 aromatic rings. The SMILES string of the molecule is N/C(=N/O)c1ccc(F)c2c(C(=O)C(=O)N3CCN(C(=O)O)CC3)c[nH]c12. The minimum absolute atomic E-state index is 0.0665. The molecule has 0 radical (unpaired) electrons. The number of H-pyrrole nitrogens is 1. The highest BCUT2D eigenvalue weighted by atomic mass is 19.1. The lowest BCUT2D eigenvalue weighted by molar-refractivity contribution is -0.127. The minimum Gasteiger partial charge on any atom is -0.465 e. The quantitative estimate of drug-likeness (QED) is 0.152. The van der Waals surface area contributed by atoms with Crippen molar-refractivity contribution in [2.24, 2.45) is 10.9 Å². The number of nitrogens with one attached hydrogen (secondary N) is 1. The number of amidine groups is 1. The molecule has 27 heavy (non-hydrogen) atoms. The van der Waals surface area contributed by atoms with Gasteiger partial charge in [-0.15, -0.1) is 0 Å². The lowest BCUT2D eigenvalue weighted by atomic mass is 10.0. The number of nitrogens with two attached hydrogens (primary N) is 1. The molecule has 1 fully saturated rings. The fourth-order valence-electron chi connectivity index (χ4n) is 3.01. The molecule has 0 unspecified atom stereocenters. The van der Waals surface area contributed by atoms with Crippen LogP contribution < -0.4 is 5.73 Å². The highest BCUT2D eigenvalue weighted by Crippen LogP contribution is 2.26. The van der Waals surface area contributed by atoms with Crippen LogP contribution in [0.3, 0.4) is 0 Å². The lowest BCUT2D eigenvalue weighted by Gasteiger charge is -2.32. The number of hydrogen-bond acceptors (Lipinski definition) is 5. The van der Waals surface area contributed by atoms with E-state index < -0.39 is 23.6 Å². The van der Waals surface area contributed by atoms with E-state index in [2.05, 4.69) is 10.1 Å². The van der Waals surface area contributed by atoms with E-state index in [0.717, 1.165) is 11.0 Å². The molecule has 11 heteroatoms. The van der Waals surface area contributed by atoms with Gasteiger partial charge in [-0.1, -0.05) is 5.16 Å². The summed E-state index contributed by atoms with van der Waals surface area (Å²) >= 11 is 0. The molecule has 0 bridgehead atoms. The van der Waals surface area contributed by atoms with Crippen LogP contribution in [0.1, 0.15) is 15.9 Å². The predicted octanol–water partition coefficient (Wildman–Crippen LogP) is 0.406. The molecule has 1 aliphatic rings. The second-order valence-electron chi connectivity index (χ2n) is 5.92. The van der Waals surface area contributed by atoms with Gasteiger partial charge in [-0.2, -0.15) is 0 Å². The van der Waals surface area contributed by atoms with Crippen LogP contribution in [0.15, 0.2) is 23.5 Å². The Morgan fingerprint density at radius 1 is 1.11 bits per heavy atom. The molecular weight excluding hydrogens is 361 g/mol. The zero-order chi connectivity index (χ0) is 19.7. The summed E-state index contributed by atoms with van der Waals surface area (Å²) in [5.74, 6) is -2.81. The van der Waals surface area contributed by atoms with Gasteiger partial charge in [-0.3, -0.25) is 9.59 Å². The Morgan fingerprint density at radius 3 is 2.33 bits per heavy atom. The van der Waals surface area contributed by atoms with E-state index in [0.29, 0.717) is 0 Å². The number of oxime groups is 1. The number of carbonyl (C=O) groups excluding carboxylic acids is 2. The van der Waals surface area contributed by atoms with Crippen LogP contribution >= 0.6 is 0 Å². The Balaban J connectivity index is 1.90. The number of benzene rings is 1. The van der Waals surface area contributed by atoms with E-state index in [9.17, 15) is 18.8 Å². The number of nitrogens with zero attached hydrogens (tertiary/aromatic N) is 3. The molecule has 5 N–H and O–H groups in total. The average molecular weight is 377 g/mol. The summed E-state index contributed by atoms with van der Waals surface area (Å²) in [6.45, 7) is 0.308. The molecule has 1 aromatic heterocycles. The highest BCUT2D eigenvalue weighted by molar-refractivity contribution is 6.45. The maximum Gasteiger partial charge on any atom is 0.407 e. The molecule has 0 aliphatic carbocycles. The normalized spacial score (nSPS) is 15.2. The molecule has 2 amide bonds. The van der Waals surface area contributed by atoms with E-state index in [1.165, 1.54) is 17.2 Å². The van der Waals surface area contributed by atoms with Crippen molar-refractivity contribution in [1.29, 1.82) is 0 Å². The van der Waals surface area contributed by atoms with Gasteiger partial charge in [0.1, 0.15) is 5.82 Å². The molecule has 0 saturated carbocycles. The molecule has 0 spiro atoms. The van der Waals surface area contributed by atoms with Crippen molar-refractivity contribution in [3.05, 3.63) is 35.3 Å². The fraction of sp³-hybridized carbons (Fsp3) is 0.250. The number of hydrogen-bond donors (Lipinski definition) is 4. The van der Waals surface area contributed by atoms with Gasteiger partial charge in [0.25, 0.3) is 11.7 Å². The number of fused-ring (bicyclic) bond motifs is 1. The van der Waals surface area contributed by atoms with Crippen LogP contribution in [0.5, 0.6) is 0 Å². The molecule has 1 saturated heterocycles. The molecule has 1 aromatic carbocycles. The molecule has 10 nitrogen and oxygen atoms in total. The summed E-state index contributed by atoms with van der Waals surface area (Å²) in [5, 5.41) is 20.5.